The molecule has 0 saturated carbocycles. The van der Waals surface area contributed by atoms with Crippen LogP contribution in [0, 0.1) is 11.2 Å². The average Bonchev–Trinajstić information content (AvgIpc) is 2.56. The number of ether oxygens (including phenoxy) is 1. The van der Waals surface area contributed by atoms with E-state index in [2.05, 4.69) is 4.98 Å². The summed E-state index contributed by atoms with van der Waals surface area (Å²) < 4.78 is 19.8. The largest absolute Gasteiger partial charge is 0.394 e. The van der Waals surface area contributed by atoms with E-state index in [4.69, 9.17) is 15.6 Å². The maximum Gasteiger partial charge on any atom is 0.351 e. The third-order valence-corrected chi connectivity index (χ3v) is 3.42. The van der Waals surface area contributed by atoms with Crippen molar-refractivity contribution in [2.24, 2.45) is 5.41 Å². The molecule has 1 aliphatic heterocycles. The number of hydrogen-bond donors (Lipinski definition) is 3. The quantitative estimate of drug-likeness (QED) is 0.653. The van der Waals surface area contributed by atoms with Gasteiger partial charge in [0.2, 0.25) is 0 Å². The van der Waals surface area contributed by atoms with Gasteiger partial charge in [0.25, 0.3) is 0 Å². The summed E-state index contributed by atoms with van der Waals surface area (Å²) in [4.78, 5) is 15.1. The zero-order valence-corrected chi connectivity index (χ0v) is 10.6. The monoisotopic (exact) mass is 273 g/mol. The van der Waals surface area contributed by atoms with Crippen LogP contribution >= 0.6 is 0 Å². The van der Waals surface area contributed by atoms with Crippen molar-refractivity contribution < 1.29 is 19.3 Å². The SMILES string of the molecule is CC1(C)[C@H](O)[C@@H](CO)O[C@H]1n1cc(F)c(N)nc1=O. The van der Waals surface area contributed by atoms with E-state index in [-0.39, 0.29) is 0 Å². The highest BCUT2D eigenvalue weighted by Gasteiger charge is 2.51. The number of nitrogen functional groups attached to an aromatic ring is 1. The Morgan fingerprint density at radius 1 is 1.63 bits per heavy atom. The first-order chi connectivity index (χ1) is 8.78. The lowest BCUT2D eigenvalue weighted by atomic mass is 9.84. The molecule has 4 N–H and O–H groups in total. The van der Waals surface area contributed by atoms with E-state index in [0.717, 1.165) is 10.8 Å². The molecule has 0 bridgehead atoms. The van der Waals surface area contributed by atoms with E-state index in [0.29, 0.717) is 0 Å². The number of anilines is 1. The maximum atomic E-state index is 13.4. The fourth-order valence-electron chi connectivity index (χ4n) is 2.23. The summed E-state index contributed by atoms with van der Waals surface area (Å²) in [6.07, 6.45) is -1.87. The normalized spacial score (nSPS) is 29.6. The molecular formula is C11H16FN3O4. The van der Waals surface area contributed by atoms with Crippen LogP contribution in [0.1, 0.15) is 20.1 Å². The van der Waals surface area contributed by atoms with Gasteiger partial charge in [0, 0.05) is 5.41 Å². The third-order valence-electron chi connectivity index (χ3n) is 3.42. The molecule has 0 radical (unpaired) electrons. The number of halogens is 1. The first-order valence-corrected chi connectivity index (χ1v) is 5.77. The Morgan fingerprint density at radius 3 is 2.79 bits per heavy atom. The molecule has 0 unspecified atom stereocenters. The smallest absolute Gasteiger partial charge is 0.351 e. The summed E-state index contributed by atoms with van der Waals surface area (Å²) in [6, 6.07) is 0. The van der Waals surface area contributed by atoms with Crippen LogP contribution in [-0.2, 0) is 4.74 Å². The molecule has 1 aromatic heterocycles. The van der Waals surface area contributed by atoms with Gasteiger partial charge in [-0.3, -0.25) is 4.57 Å². The van der Waals surface area contributed by atoms with Crippen molar-refractivity contribution >= 4 is 5.82 Å². The zero-order valence-electron chi connectivity index (χ0n) is 10.6. The summed E-state index contributed by atoms with van der Waals surface area (Å²) in [6.45, 7) is 2.90. The fourth-order valence-corrected chi connectivity index (χ4v) is 2.23. The van der Waals surface area contributed by atoms with Crippen LogP contribution in [-0.4, -0.2) is 38.6 Å². The first-order valence-electron chi connectivity index (χ1n) is 5.77. The van der Waals surface area contributed by atoms with Crippen molar-refractivity contribution in [2.45, 2.75) is 32.3 Å². The summed E-state index contributed by atoms with van der Waals surface area (Å²) in [5.74, 6) is -1.34. The standard InChI is InChI=1S/C11H16FN3O4/c1-11(2)7(17)6(4-16)19-9(11)15-3-5(12)8(13)14-10(15)18/h3,6-7,9,16-17H,4H2,1-2H3,(H2,13,14,18)/t6-,7-,9-/m1/s1. The van der Waals surface area contributed by atoms with Crippen molar-refractivity contribution in [3.05, 3.63) is 22.5 Å². The molecule has 1 aliphatic rings. The molecule has 19 heavy (non-hydrogen) atoms. The summed E-state index contributed by atoms with van der Waals surface area (Å²) in [5, 5.41) is 19.1. The van der Waals surface area contributed by atoms with Crippen molar-refractivity contribution in [2.75, 3.05) is 12.3 Å². The predicted molar refractivity (Wildman–Crippen MR) is 63.7 cm³/mol. The number of hydrogen-bond acceptors (Lipinski definition) is 6. The minimum Gasteiger partial charge on any atom is -0.394 e. The number of aromatic nitrogens is 2. The number of aliphatic hydroxyl groups is 2. The second-order valence-electron chi connectivity index (χ2n) is 5.14. The molecule has 8 heteroatoms. The van der Waals surface area contributed by atoms with Crippen molar-refractivity contribution in [3.8, 4) is 0 Å². The molecule has 2 heterocycles. The Labute approximate surface area is 108 Å². The van der Waals surface area contributed by atoms with Crippen LogP contribution in [0.15, 0.2) is 11.0 Å². The molecule has 1 saturated heterocycles. The second-order valence-corrected chi connectivity index (χ2v) is 5.14. The third kappa shape index (κ3) is 2.11. The maximum absolute atomic E-state index is 13.4. The average molecular weight is 273 g/mol. The highest BCUT2D eigenvalue weighted by Crippen LogP contribution is 2.44. The van der Waals surface area contributed by atoms with Gasteiger partial charge in [-0.2, -0.15) is 4.98 Å². The lowest BCUT2D eigenvalue weighted by Crippen LogP contribution is -2.38. The van der Waals surface area contributed by atoms with Gasteiger partial charge in [0.05, 0.1) is 18.9 Å². The van der Waals surface area contributed by atoms with Gasteiger partial charge in [-0.1, -0.05) is 13.8 Å². The Kier molecular flexibility index (Phi) is 3.33. The molecule has 0 spiro atoms. The molecule has 1 fully saturated rings. The second kappa shape index (κ2) is 4.55. The van der Waals surface area contributed by atoms with E-state index < -0.39 is 47.8 Å². The predicted octanol–water partition coefficient (Wildman–Crippen LogP) is -0.759. The van der Waals surface area contributed by atoms with E-state index in [1.807, 2.05) is 0 Å². The lowest BCUT2D eigenvalue weighted by Gasteiger charge is -2.28. The minimum atomic E-state index is -0.991. The molecule has 106 valence electrons. The summed E-state index contributed by atoms with van der Waals surface area (Å²) in [7, 11) is 0. The molecule has 2 rings (SSSR count). The molecule has 0 aromatic carbocycles. The minimum absolute atomic E-state index is 0.402. The molecule has 0 amide bonds. The molecule has 1 aromatic rings. The molecule has 0 aliphatic carbocycles. The highest BCUT2D eigenvalue weighted by molar-refractivity contribution is 5.26. The van der Waals surface area contributed by atoms with Crippen LogP contribution in [0.2, 0.25) is 0 Å². The van der Waals surface area contributed by atoms with Crippen molar-refractivity contribution in [3.63, 3.8) is 0 Å². The van der Waals surface area contributed by atoms with Crippen LogP contribution in [0.4, 0.5) is 10.2 Å². The number of rotatable bonds is 2. The van der Waals surface area contributed by atoms with Crippen LogP contribution < -0.4 is 11.4 Å². The van der Waals surface area contributed by atoms with E-state index in [1.54, 1.807) is 13.8 Å². The number of nitrogens with two attached hydrogens (primary N) is 1. The highest BCUT2D eigenvalue weighted by atomic mass is 19.1. The van der Waals surface area contributed by atoms with Crippen LogP contribution in [0.5, 0.6) is 0 Å². The van der Waals surface area contributed by atoms with Gasteiger partial charge < -0.3 is 20.7 Å². The van der Waals surface area contributed by atoms with Gasteiger partial charge in [0.15, 0.2) is 11.6 Å². The Balaban J connectivity index is 2.48. The van der Waals surface area contributed by atoms with Gasteiger partial charge in [-0.15, -0.1) is 0 Å². The topological polar surface area (TPSA) is 111 Å². The summed E-state index contributed by atoms with van der Waals surface area (Å²) in [5.41, 5.74) is 3.54. The van der Waals surface area contributed by atoms with Gasteiger partial charge in [-0.05, 0) is 0 Å². The van der Waals surface area contributed by atoms with E-state index in [9.17, 15) is 14.3 Å². The Morgan fingerprint density at radius 2 is 2.26 bits per heavy atom. The zero-order chi connectivity index (χ0) is 14.4. The van der Waals surface area contributed by atoms with E-state index >= 15 is 0 Å². The van der Waals surface area contributed by atoms with Crippen molar-refractivity contribution in [1.82, 2.24) is 9.55 Å². The van der Waals surface area contributed by atoms with E-state index in [1.165, 1.54) is 0 Å². The molecule has 7 nitrogen and oxygen atoms in total. The lowest BCUT2D eigenvalue weighted by molar-refractivity contribution is -0.0533. The van der Waals surface area contributed by atoms with Crippen LogP contribution in [0.3, 0.4) is 0 Å². The summed E-state index contributed by atoms with van der Waals surface area (Å²) >= 11 is 0. The molecule has 3 atom stereocenters. The number of aliphatic hydroxyl groups excluding tert-OH is 2. The number of nitrogens with zero attached hydrogens (tertiary/aromatic N) is 2. The van der Waals surface area contributed by atoms with Crippen molar-refractivity contribution in [1.29, 1.82) is 0 Å². The van der Waals surface area contributed by atoms with Gasteiger partial charge in [0.1, 0.15) is 12.3 Å². The van der Waals surface area contributed by atoms with Gasteiger partial charge >= 0.3 is 5.69 Å². The first kappa shape index (κ1) is 13.9. The van der Waals surface area contributed by atoms with Crippen LogP contribution in [0.25, 0.3) is 0 Å². The molecular weight excluding hydrogens is 257 g/mol. The van der Waals surface area contributed by atoms with Gasteiger partial charge in [-0.25, -0.2) is 9.18 Å². The Bertz CT molecular complexity index is 545. The fraction of sp³-hybridized carbons (Fsp3) is 0.636. The Hall–Kier alpha value is -1.51.